The first-order valence-corrected chi connectivity index (χ1v) is 8.91. The Morgan fingerprint density at radius 1 is 1.18 bits per heavy atom. The molecule has 0 spiro atoms. The molecule has 0 bridgehead atoms. The van der Waals surface area contributed by atoms with Crippen LogP contribution in [0.15, 0.2) is 23.1 Å². The van der Waals surface area contributed by atoms with E-state index in [1.165, 1.54) is 12.3 Å². The van der Waals surface area contributed by atoms with Gasteiger partial charge in [0.05, 0.1) is 11.2 Å². The SMILES string of the molecule is O=C(O)c1cn(C2CC2)c2cc(N3CCNCC3)c(F)cc2c1=O.OB(O)O. The van der Waals surface area contributed by atoms with Crippen LogP contribution in [0, 0.1) is 5.82 Å². The van der Waals surface area contributed by atoms with Crippen molar-refractivity contribution in [3.8, 4) is 0 Å². The fourth-order valence-electron chi connectivity index (χ4n) is 3.31. The number of carboxylic acid groups (broad SMARTS) is 1. The molecule has 2 fully saturated rings. The first-order valence-electron chi connectivity index (χ1n) is 8.91. The van der Waals surface area contributed by atoms with Crippen molar-refractivity contribution in [1.29, 1.82) is 0 Å². The van der Waals surface area contributed by atoms with E-state index in [1.807, 2.05) is 9.47 Å². The number of benzene rings is 1. The molecule has 4 rings (SSSR count). The highest BCUT2D eigenvalue weighted by Gasteiger charge is 2.28. The zero-order valence-corrected chi connectivity index (χ0v) is 15.0. The van der Waals surface area contributed by atoms with Crippen molar-refractivity contribution in [3.05, 3.63) is 39.9 Å². The minimum absolute atomic E-state index is 0.137. The summed E-state index contributed by atoms with van der Waals surface area (Å²) in [5.74, 6) is -1.76. The number of rotatable bonds is 3. The Morgan fingerprint density at radius 3 is 2.32 bits per heavy atom. The number of nitrogens with one attached hydrogen (secondary N) is 1. The van der Waals surface area contributed by atoms with Crippen LogP contribution in [-0.4, -0.2) is 64.2 Å². The predicted octanol–water partition coefficient (Wildman–Crippen LogP) is -0.468. The van der Waals surface area contributed by atoms with Gasteiger partial charge in [0.1, 0.15) is 11.4 Å². The van der Waals surface area contributed by atoms with Gasteiger partial charge in [-0.2, -0.15) is 0 Å². The van der Waals surface area contributed by atoms with Gasteiger partial charge in [-0.25, -0.2) is 9.18 Å². The minimum Gasteiger partial charge on any atom is -0.477 e. The molecule has 150 valence electrons. The van der Waals surface area contributed by atoms with Gasteiger partial charge in [-0.3, -0.25) is 4.79 Å². The normalized spacial score (nSPS) is 16.5. The minimum atomic E-state index is -2.17. The Hall–Kier alpha value is -2.47. The number of fused-ring (bicyclic) bond motifs is 1. The van der Waals surface area contributed by atoms with Crippen molar-refractivity contribution in [2.75, 3.05) is 31.1 Å². The number of pyridine rings is 1. The van der Waals surface area contributed by atoms with E-state index < -0.39 is 24.5 Å². The number of aromatic carboxylic acids is 1. The van der Waals surface area contributed by atoms with Crippen molar-refractivity contribution >= 4 is 29.9 Å². The second-order valence-corrected chi connectivity index (χ2v) is 6.72. The highest BCUT2D eigenvalue weighted by Crippen LogP contribution is 2.38. The summed E-state index contributed by atoms with van der Waals surface area (Å²) in [6.07, 6.45) is 3.29. The summed E-state index contributed by atoms with van der Waals surface area (Å²) in [5, 5.41) is 34.1. The standard InChI is InChI=1S/C17H18FN3O3.BH3O3/c18-13-7-11-14(8-15(13)20-5-3-19-4-6-20)21(10-1-2-10)9-12(16(11)22)17(23)24;2-1(3)4/h7-10,19H,1-6H2,(H,23,24);2-4H. The Balaban J connectivity index is 0.000000516. The van der Waals surface area contributed by atoms with Gasteiger partial charge in [-0.1, -0.05) is 0 Å². The number of anilines is 1. The molecule has 0 amide bonds. The fourth-order valence-corrected chi connectivity index (χ4v) is 3.31. The van der Waals surface area contributed by atoms with Crippen LogP contribution >= 0.6 is 0 Å². The molecule has 1 aliphatic heterocycles. The molecule has 0 atom stereocenters. The van der Waals surface area contributed by atoms with Gasteiger partial charge < -0.3 is 35.0 Å². The number of piperazine rings is 1. The zero-order valence-electron chi connectivity index (χ0n) is 15.0. The third-order valence-electron chi connectivity index (χ3n) is 4.73. The molecule has 1 aromatic heterocycles. The molecule has 0 unspecified atom stereocenters. The van der Waals surface area contributed by atoms with E-state index in [4.69, 9.17) is 15.1 Å². The molecule has 2 heterocycles. The molecule has 1 saturated carbocycles. The third-order valence-corrected chi connectivity index (χ3v) is 4.73. The van der Waals surface area contributed by atoms with E-state index in [0.29, 0.717) is 24.3 Å². The highest BCUT2D eigenvalue weighted by atomic mass is 19.1. The largest absolute Gasteiger partial charge is 0.631 e. The number of halogens is 1. The molecule has 5 N–H and O–H groups in total. The monoisotopic (exact) mass is 393 g/mol. The van der Waals surface area contributed by atoms with Crippen LogP contribution in [0.4, 0.5) is 10.1 Å². The van der Waals surface area contributed by atoms with Gasteiger partial charge in [0.2, 0.25) is 5.43 Å². The van der Waals surface area contributed by atoms with Crippen LogP contribution in [-0.2, 0) is 0 Å². The van der Waals surface area contributed by atoms with Gasteiger partial charge in [0, 0.05) is 43.8 Å². The Kier molecular flexibility index (Phi) is 5.99. The smallest absolute Gasteiger partial charge is 0.477 e. The Bertz CT molecular complexity index is 938. The van der Waals surface area contributed by atoms with Crippen molar-refractivity contribution in [2.24, 2.45) is 0 Å². The lowest BCUT2D eigenvalue weighted by Crippen LogP contribution is -2.43. The van der Waals surface area contributed by atoms with E-state index in [9.17, 15) is 19.1 Å². The van der Waals surface area contributed by atoms with Crippen molar-refractivity contribution in [3.63, 3.8) is 0 Å². The van der Waals surface area contributed by atoms with Gasteiger partial charge in [0.25, 0.3) is 0 Å². The Labute approximate surface area is 159 Å². The summed E-state index contributed by atoms with van der Waals surface area (Å²) in [4.78, 5) is 25.7. The van der Waals surface area contributed by atoms with Crippen LogP contribution in [0.3, 0.4) is 0 Å². The molecule has 1 saturated heterocycles. The number of hydrogen-bond donors (Lipinski definition) is 5. The lowest BCUT2D eigenvalue weighted by molar-refractivity contribution is 0.0694. The summed E-state index contributed by atoms with van der Waals surface area (Å²) in [6.45, 7) is 2.96. The molecular weight excluding hydrogens is 372 g/mol. The van der Waals surface area contributed by atoms with Crippen LogP contribution in [0.2, 0.25) is 0 Å². The zero-order chi connectivity index (χ0) is 20.4. The maximum Gasteiger partial charge on any atom is 0.631 e. The number of hydrogen-bond acceptors (Lipinski definition) is 7. The summed E-state index contributed by atoms with van der Waals surface area (Å²) in [5.41, 5.74) is 0.159. The van der Waals surface area contributed by atoms with Crippen molar-refractivity contribution < 1.29 is 29.4 Å². The number of aromatic nitrogens is 1. The summed E-state index contributed by atoms with van der Waals surface area (Å²) < 4.78 is 16.4. The van der Waals surface area contributed by atoms with Crippen LogP contribution < -0.4 is 15.6 Å². The van der Waals surface area contributed by atoms with Crippen LogP contribution in [0.25, 0.3) is 10.9 Å². The van der Waals surface area contributed by atoms with E-state index >= 15 is 0 Å². The number of carbonyl (C=O) groups is 1. The predicted molar refractivity (Wildman–Crippen MR) is 101 cm³/mol. The lowest BCUT2D eigenvalue weighted by Gasteiger charge is -2.30. The second-order valence-electron chi connectivity index (χ2n) is 6.72. The quantitative estimate of drug-likeness (QED) is 0.442. The third kappa shape index (κ3) is 4.33. The first kappa shape index (κ1) is 20.3. The average molecular weight is 393 g/mol. The summed E-state index contributed by atoms with van der Waals surface area (Å²) >= 11 is 0. The Morgan fingerprint density at radius 2 is 1.79 bits per heavy atom. The van der Waals surface area contributed by atoms with Gasteiger partial charge >= 0.3 is 13.3 Å². The topological polar surface area (TPSA) is 135 Å². The summed E-state index contributed by atoms with van der Waals surface area (Å²) in [7, 11) is -2.17. The molecule has 1 aromatic carbocycles. The van der Waals surface area contributed by atoms with E-state index in [2.05, 4.69) is 5.32 Å². The molecule has 1 aliphatic carbocycles. The molecule has 2 aromatic rings. The van der Waals surface area contributed by atoms with E-state index in [1.54, 1.807) is 6.07 Å². The van der Waals surface area contributed by atoms with Crippen LogP contribution in [0.5, 0.6) is 0 Å². The van der Waals surface area contributed by atoms with Crippen molar-refractivity contribution in [1.82, 2.24) is 9.88 Å². The highest BCUT2D eigenvalue weighted by molar-refractivity contribution is 6.30. The second kappa shape index (κ2) is 8.27. The van der Waals surface area contributed by atoms with Crippen LogP contribution in [0.1, 0.15) is 29.2 Å². The number of carboxylic acids is 1. The van der Waals surface area contributed by atoms with E-state index in [0.717, 1.165) is 25.9 Å². The van der Waals surface area contributed by atoms with Gasteiger partial charge in [-0.05, 0) is 25.0 Å². The maximum atomic E-state index is 14.6. The first-order chi connectivity index (χ1) is 13.3. The molecule has 0 radical (unpaired) electrons. The van der Waals surface area contributed by atoms with Gasteiger partial charge in [-0.15, -0.1) is 0 Å². The van der Waals surface area contributed by atoms with Crippen molar-refractivity contribution in [2.45, 2.75) is 18.9 Å². The van der Waals surface area contributed by atoms with Gasteiger partial charge in [0.15, 0.2) is 0 Å². The molecule has 9 nitrogen and oxygen atoms in total. The fraction of sp³-hybridized carbons (Fsp3) is 0.412. The molecule has 28 heavy (non-hydrogen) atoms. The average Bonchev–Trinajstić information content (AvgIpc) is 3.47. The molecule has 2 aliphatic rings. The molecule has 11 heteroatoms. The maximum absolute atomic E-state index is 14.6. The summed E-state index contributed by atoms with van der Waals surface area (Å²) in [6, 6.07) is 3.08. The lowest BCUT2D eigenvalue weighted by atomic mass is 10.1. The number of nitrogens with zero attached hydrogens (tertiary/aromatic N) is 2. The molecular formula is C17H21BFN3O6. The van der Waals surface area contributed by atoms with E-state index in [-0.39, 0.29) is 17.0 Å².